The van der Waals surface area contributed by atoms with Crippen LogP contribution in [-0.4, -0.2) is 55.6 Å². The molecule has 0 spiro atoms. The van der Waals surface area contributed by atoms with E-state index in [9.17, 15) is 4.79 Å². The van der Waals surface area contributed by atoms with Gasteiger partial charge in [0.2, 0.25) is 0 Å². The summed E-state index contributed by atoms with van der Waals surface area (Å²) in [6.07, 6.45) is 3.60. The molecular weight excluding hydrogens is 397 g/mol. The Labute approximate surface area is 178 Å². The number of amides is 1. The maximum Gasteiger partial charge on any atom is 0.258 e. The van der Waals surface area contributed by atoms with E-state index >= 15 is 0 Å². The van der Waals surface area contributed by atoms with Gasteiger partial charge in [-0.1, -0.05) is 6.07 Å². The van der Waals surface area contributed by atoms with Crippen molar-refractivity contribution in [1.29, 1.82) is 0 Å². The summed E-state index contributed by atoms with van der Waals surface area (Å²) in [7, 11) is 2.13. The molecule has 2 N–H and O–H groups in total. The zero-order valence-electron chi connectivity index (χ0n) is 16.0. The van der Waals surface area contributed by atoms with Gasteiger partial charge in [0.15, 0.2) is 0 Å². The second-order valence-corrected chi connectivity index (χ2v) is 7.10. The first-order chi connectivity index (χ1) is 12.6. The van der Waals surface area contributed by atoms with E-state index in [1.54, 1.807) is 6.20 Å². The number of aromatic nitrogens is 1. The fourth-order valence-corrected chi connectivity index (χ4v) is 3.78. The monoisotopic (exact) mass is 423 g/mol. The number of anilines is 3. The van der Waals surface area contributed by atoms with E-state index in [-0.39, 0.29) is 30.7 Å². The summed E-state index contributed by atoms with van der Waals surface area (Å²) in [6, 6.07) is 9.55. The third-order valence-corrected chi connectivity index (χ3v) is 5.35. The van der Waals surface area contributed by atoms with Crippen LogP contribution in [0.15, 0.2) is 36.5 Å². The normalized spacial score (nSPS) is 16.6. The number of benzene rings is 1. The van der Waals surface area contributed by atoms with Gasteiger partial charge in [0.25, 0.3) is 5.91 Å². The number of halogens is 2. The Morgan fingerprint density at radius 1 is 1.07 bits per heavy atom. The highest BCUT2D eigenvalue weighted by Crippen LogP contribution is 2.32. The number of pyridine rings is 1. The SMILES string of the molecule is CN1CCN(c2cc(C(=O)N3CCCc4c(N)cccc43)ccn2)CC1.Cl.Cl. The highest BCUT2D eigenvalue weighted by molar-refractivity contribution is 6.07. The third kappa shape index (κ3) is 4.35. The standard InChI is InChI=1S/C20H25N5O.2ClH/c1-23-10-12-24(13-11-23)19-14-15(7-8-22-19)20(26)25-9-3-4-16-17(21)5-2-6-18(16)25;;/h2,5-8,14H,3-4,9-13,21H2,1H3;2*1H. The number of nitrogens with two attached hydrogens (primary N) is 1. The summed E-state index contributed by atoms with van der Waals surface area (Å²) >= 11 is 0. The first kappa shape index (κ1) is 22.3. The van der Waals surface area contributed by atoms with E-state index in [0.717, 1.165) is 68.3 Å². The molecule has 1 amide bonds. The van der Waals surface area contributed by atoms with Crippen molar-refractivity contribution in [2.45, 2.75) is 12.8 Å². The quantitative estimate of drug-likeness (QED) is 0.752. The molecule has 28 heavy (non-hydrogen) atoms. The van der Waals surface area contributed by atoms with Gasteiger partial charge in [-0.05, 0) is 49.7 Å². The van der Waals surface area contributed by atoms with Crippen LogP contribution in [0.1, 0.15) is 22.3 Å². The smallest absolute Gasteiger partial charge is 0.258 e. The molecule has 0 aliphatic carbocycles. The molecule has 1 aromatic heterocycles. The second kappa shape index (κ2) is 9.45. The highest BCUT2D eigenvalue weighted by Gasteiger charge is 2.25. The third-order valence-electron chi connectivity index (χ3n) is 5.35. The second-order valence-electron chi connectivity index (χ2n) is 7.10. The fraction of sp³-hybridized carbons (Fsp3) is 0.400. The number of carbonyl (C=O) groups excluding carboxylic acids is 1. The largest absolute Gasteiger partial charge is 0.398 e. The Kier molecular flexibility index (Phi) is 7.52. The Morgan fingerprint density at radius 2 is 1.82 bits per heavy atom. The van der Waals surface area contributed by atoms with Gasteiger partial charge in [-0.3, -0.25) is 4.79 Å². The van der Waals surface area contributed by atoms with Gasteiger partial charge in [-0.2, -0.15) is 0 Å². The Bertz CT molecular complexity index is 824. The van der Waals surface area contributed by atoms with E-state index < -0.39 is 0 Å². The molecule has 8 heteroatoms. The lowest BCUT2D eigenvalue weighted by Gasteiger charge is -2.33. The molecule has 3 heterocycles. The average molecular weight is 424 g/mol. The number of rotatable bonds is 2. The number of likely N-dealkylation sites (N-methyl/N-ethyl adjacent to an activating group) is 1. The maximum atomic E-state index is 13.2. The van der Waals surface area contributed by atoms with Crippen LogP contribution in [-0.2, 0) is 6.42 Å². The minimum Gasteiger partial charge on any atom is -0.398 e. The Hall–Kier alpha value is -2.02. The van der Waals surface area contributed by atoms with Crippen LogP contribution in [0.25, 0.3) is 0 Å². The lowest BCUT2D eigenvalue weighted by Crippen LogP contribution is -2.45. The van der Waals surface area contributed by atoms with Crippen LogP contribution in [0, 0.1) is 0 Å². The van der Waals surface area contributed by atoms with Crippen molar-refractivity contribution < 1.29 is 4.79 Å². The van der Waals surface area contributed by atoms with Crippen LogP contribution in [0.3, 0.4) is 0 Å². The zero-order chi connectivity index (χ0) is 18.1. The summed E-state index contributed by atoms with van der Waals surface area (Å²) in [4.78, 5) is 24.1. The van der Waals surface area contributed by atoms with Crippen LogP contribution >= 0.6 is 24.8 Å². The Balaban J connectivity index is 0.00000140. The number of nitrogens with zero attached hydrogens (tertiary/aromatic N) is 4. The Morgan fingerprint density at radius 3 is 2.57 bits per heavy atom. The van der Waals surface area contributed by atoms with Gasteiger partial charge in [0.1, 0.15) is 5.82 Å². The molecule has 1 aromatic carbocycles. The molecule has 0 radical (unpaired) electrons. The van der Waals surface area contributed by atoms with Gasteiger partial charge in [0.05, 0.1) is 0 Å². The van der Waals surface area contributed by atoms with E-state index in [1.165, 1.54) is 0 Å². The van der Waals surface area contributed by atoms with Gasteiger partial charge in [-0.25, -0.2) is 4.98 Å². The first-order valence-corrected chi connectivity index (χ1v) is 9.22. The molecule has 0 atom stereocenters. The molecule has 2 aliphatic heterocycles. The molecule has 6 nitrogen and oxygen atoms in total. The van der Waals surface area contributed by atoms with Crippen molar-refractivity contribution in [3.05, 3.63) is 47.7 Å². The number of fused-ring (bicyclic) bond motifs is 1. The lowest BCUT2D eigenvalue weighted by molar-refractivity contribution is 0.0985. The van der Waals surface area contributed by atoms with Crippen LogP contribution in [0.2, 0.25) is 0 Å². The molecule has 152 valence electrons. The number of carbonyl (C=O) groups is 1. The van der Waals surface area contributed by atoms with Crippen molar-refractivity contribution in [2.24, 2.45) is 0 Å². The van der Waals surface area contributed by atoms with Crippen molar-refractivity contribution in [3.63, 3.8) is 0 Å². The van der Waals surface area contributed by atoms with Crippen molar-refractivity contribution in [1.82, 2.24) is 9.88 Å². The van der Waals surface area contributed by atoms with Crippen LogP contribution in [0.5, 0.6) is 0 Å². The molecule has 2 aromatic rings. The van der Waals surface area contributed by atoms with Gasteiger partial charge >= 0.3 is 0 Å². The topological polar surface area (TPSA) is 65.7 Å². The minimum absolute atomic E-state index is 0. The molecule has 0 unspecified atom stereocenters. The minimum atomic E-state index is 0. The highest BCUT2D eigenvalue weighted by atomic mass is 35.5. The van der Waals surface area contributed by atoms with E-state index in [1.807, 2.05) is 35.2 Å². The van der Waals surface area contributed by atoms with E-state index in [2.05, 4.69) is 21.8 Å². The first-order valence-electron chi connectivity index (χ1n) is 9.22. The van der Waals surface area contributed by atoms with Crippen LogP contribution < -0.4 is 15.5 Å². The van der Waals surface area contributed by atoms with Crippen LogP contribution in [0.4, 0.5) is 17.2 Å². The average Bonchev–Trinajstić information content (AvgIpc) is 2.68. The summed E-state index contributed by atoms with van der Waals surface area (Å²) in [6.45, 7) is 4.62. The van der Waals surface area contributed by atoms with Crippen molar-refractivity contribution in [2.75, 3.05) is 55.3 Å². The number of nitrogen functional groups attached to an aromatic ring is 1. The number of piperazine rings is 1. The summed E-state index contributed by atoms with van der Waals surface area (Å²) in [5.74, 6) is 0.906. The number of hydrogen-bond acceptors (Lipinski definition) is 5. The molecule has 2 aliphatic rings. The molecule has 0 saturated carbocycles. The molecule has 4 rings (SSSR count). The fourth-order valence-electron chi connectivity index (χ4n) is 3.78. The predicted octanol–water partition coefficient (Wildman–Crippen LogP) is 2.85. The lowest BCUT2D eigenvalue weighted by atomic mass is 9.99. The van der Waals surface area contributed by atoms with Gasteiger partial charge in [-0.15, -0.1) is 24.8 Å². The molecule has 0 bridgehead atoms. The number of hydrogen-bond donors (Lipinski definition) is 1. The van der Waals surface area contributed by atoms with Gasteiger partial charge < -0.3 is 20.4 Å². The zero-order valence-corrected chi connectivity index (χ0v) is 17.6. The maximum absolute atomic E-state index is 13.2. The molecule has 1 saturated heterocycles. The summed E-state index contributed by atoms with van der Waals surface area (Å²) in [5.41, 5.74) is 9.60. The van der Waals surface area contributed by atoms with E-state index in [0.29, 0.717) is 5.56 Å². The van der Waals surface area contributed by atoms with Gasteiger partial charge in [0, 0.05) is 55.9 Å². The van der Waals surface area contributed by atoms with Crippen molar-refractivity contribution >= 4 is 47.9 Å². The van der Waals surface area contributed by atoms with E-state index in [4.69, 9.17) is 5.73 Å². The summed E-state index contributed by atoms with van der Waals surface area (Å²) < 4.78 is 0. The molecule has 1 fully saturated rings. The molecular formula is C20H27Cl2N5O. The predicted molar refractivity (Wildman–Crippen MR) is 119 cm³/mol. The summed E-state index contributed by atoms with van der Waals surface area (Å²) in [5, 5.41) is 0. The van der Waals surface area contributed by atoms with Crippen molar-refractivity contribution in [3.8, 4) is 0 Å².